The van der Waals surface area contributed by atoms with Gasteiger partial charge < -0.3 is 15.8 Å². The summed E-state index contributed by atoms with van der Waals surface area (Å²) >= 11 is 4.55. The van der Waals surface area contributed by atoms with E-state index in [4.69, 9.17) is 10.8 Å². The Labute approximate surface area is 56.7 Å². The third-order valence-corrected chi connectivity index (χ3v) is 1.07. The molecule has 1 rings (SSSR count). The van der Waals surface area contributed by atoms with Gasteiger partial charge in [0.25, 0.3) is 0 Å². The molecule has 0 fully saturated rings. The molecule has 4 N–H and O–H groups in total. The summed E-state index contributed by atoms with van der Waals surface area (Å²) in [4.78, 5) is 6.16. The van der Waals surface area contributed by atoms with E-state index in [1.165, 1.54) is 6.33 Å². The smallest absolute Gasteiger partial charge is 0.239 e. The molecule has 1 heterocycles. The molecule has 0 bridgehead atoms. The Morgan fingerprint density at radius 1 is 1.89 bits per heavy atom. The number of nitrogens with two attached hydrogens (primary N) is 1. The third kappa shape index (κ3) is 0.996. The summed E-state index contributed by atoms with van der Waals surface area (Å²) in [6, 6.07) is 0. The van der Waals surface area contributed by atoms with Crippen LogP contribution in [0.5, 0.6) is 5.88 Å². The number of hydrogen-bond donors (Lipinski definition) is 3. The highest BCUT2D eigenvalue weighted by Crippen LogP contribution is 2.07. The fourth-order valence-electron chi connectivity index (χ4n) is 0.468. The highest BCUT2D eigenvalue weighted by atomic mass is 32.1. The lowest BCUT2D eigenvalue weighted by Gasteiger charge is -1.89. The van der Waals surface area contributed by atoms with E-state index in [0.29, 0.717) is 5.69 Å². The number of nitrogens with one attached hydrogen (secondary N) is 1. The van der Waals surface area contributed by atoms with E-state index >= 15 is 0 Å². The molecule has 0 aromatic carbocycles. The van der Waals surface area contributed by atoms with Crippen LogP contribution in [0.15, 0.2) is 6.33 Å². The molecule has 0 unspecified atom stereocenters. The van der Waals surface area contributed by atoms with Crippen LogP contribution in [0.25, 0.3) is 0 Å². The van der Waals surface area contributed by atoms with Gasteiger partial charge in [-0.3, -0.25) is 0 Å². The summed E-state index contributed by atoms with van der Waals surface area (Å²) in [7, 11) is 0. The second-order valence-corrected chi connectivity index (χ2v) is 1.91. The van der Waals surface area contributed by atoms with Gasteiger partial charge >= 0.3 is 0 Å². The highest BCUT2D eigenvalue weighted by molar-refractivity contribution is 7.80. The van der Waals surface area contributed by atoms with Gasteiger partial charge in [0.05, 0.1) is 6.33 Å². The summed E-state index contributed by atoms with van der Waals surface area (Å²) in [5.41, 5.74) is 5.47. The van der Waals surface area contributed by atoms with E-state index < -0.39 is 0 Å². The molecule has 0 saturated carbocycles. The van der Waals surface area contributed by atoms with Gasteiger partial charge in [-0.05, 0) is 0 Å². The van der Waals surface area contributed by atoms with Crippen LogP contribution >= 0.6 is 12.2 Å². The first-order valence-electron chi connectivity index (χ1n) is 2.24. The van der Waals surface area contributed by atoms with E-state index in [1.807, 2.05) is 0 Å². The molecule has 0 aliphatic rings. The molecule has 4 nitrogen and oxygen atoms in total. The molecule has 9 heavy (non-hydrogen) atoms. The lowest BCUT2D eigenvalue weighted by Crippen LogP contribution is -2.09. The van der Waals surface area contributed by atoms with Gasteiger partial charge in [0, 0.05) is 0 Å². The van der Waals surface area contributed by atoms with Crippen molar-refractivity contribution in [3.8, 4) is 5.88 Å². The Hall–Kier alpha value is -1.10. The average Bonchev–Trinajstić information content (AvgIpc) is 2.13. The van der Waals surface area contributed by atoms with E-state index in [0.717, 1.165) is 0 Å². The number of aromatic hydroxyl groups is 1. The minimum Gasteiger partial charge on any atom is -0.492 e. The van der Waals surface area contributed by atoms with E-state index in [1.54, 1.807) is 0 Å². The number of imidazole rings is 1. The van der Waals surface area contributed by atoms with Crippen molar-refractivity contribution in [3.63, 3.8) is 0 Å². The van der Waals surface area contributed by atoms with Crippen LogP contribution < -0.4 is 5.73 Å². The van der Waals surface area contributed by atoms with Crippen molar-refractivity contribution in [1.82, 2.24) is 9.97 Å². The normalized spacial score (nSPS) is 9.33. The molecule has 48 valence electrons. The predicted molar refractivity (Wildman–Crippen MR) is 36.1 cm³/mol. The van der Waals surface area contributed by atoms with E-state index in [9.17, 15) is 0 Å². The van der Waals surface area contributed by atoms with Crippen molar-refractivity contribution in [2.45, 2.75) is 0 Å². The highest BCUT2D eigenvalue weighted by Gasteiger charge is 2.03. The zero-order valence-electron chi connectivity index (χ0n) is 4.46. The fraction of sp³-hybridized carbons (Fsp3) is 0. The number of hydrogen-bond acceptors (Lipinski definition) is 3. The van der Waals surface area contributed by atoms with Crippen LogP contribution in [-0.4, -0.2) is 20.1 Å². The fourth-order valence-corrected chi connectivity index (χ4v) is 0.619. The third-order valence-electron chi connectivity index (χ3n) is 0.866. The monoisotopic (exact) mass is 143 g/mol. The van der Waals surface area contributed by atoms with E-state index in [-0.39, 0.29) is 10.9 Å². The van der Waals surface area contributed by atoms with Crippen LogP contribution in [0, 0.1) is 0 Å². The summed E-state index contributed by atoms with van der Waals surface area (Å²) in [6.07, 6.45) is 1.32. The van der Waals surface area contributed by atoms with Crippen molar-refractivity contribution in [2.75, 3.05) is 0 Å². The summed E-state index contributed by atoms with van der Waals surface area (Å²) < 4.78 is 0. The zero-order valence-corrected chi connectivity index (χ0v) is 5.27. The number of nitrogens with zero attached hydrogens (tertiary/aromatic N) is 1. The number of aromatic amines is 1. The maximum Gasteiger partial charge on any atom is 0.239 e. The first-order chi connectivity index (χ1) is 4.22. The minimum absolute atomic E-state index is 0.116. The molecule has 0 radical (unpaired) electrons. The lowest BCUT2D eigenvalue weighted by atomic mass is 10.5. The Bertz CT molecular complexity index is 231. The Morgan fingerprint density at radius 2 is 2.56 bits per heavy atom. The number of rotatable bonds is 1. The second-order valence-electron chi connectivity index (χ2n) is 1.47. The molecule has 0 aliphatic carbocycles. The Kier molecular flexibility index (Phi) is 1.35. The molecule has 0 saturated heterocycles. The van der Waals surface area contributed by atoms with Crippen molar-refractivity contribution >= 4 is 17.2 Å². The summed E-state index contributed by atoms with van der Waals surface area (Å²) in [6.45, 7) is 0. The van der Waals surface area contributed by atoms with Gasteiger partial charge in [0.15, 0.2) is 0 Å². The first kappa shape index (κ1) is 6.03. The number of H-pyrrole nitrogens is 1. The quantitative estimate of drug-likeness (QED) is 0.474. The van der Waals surface area contributed by atoms with Gasteiger partial charge in [-0.15, -0.1) is 0 Å². The molecule has 0 spiro atoms. The first-order valence-corrected chi connectivity index (χ1v) is 2.65. The van der Waals surface area contributed by atoms with Crippen LogP contribution in [0.3, 0.4) is 0 Å². The second kappa shape index (κ2) is 2.02. The molecule has 0 aliphatic heterocycles. The van der Waals surface area contributed by atoms with Gasteiger partial charge in [0.2, 0.25) is 5.88 Å². The lowest BCUT2D eigenvalue weighted by molar-refractivity contribution is 0.455. The van der Waals surface area contributed by atoms with Crippen molar-refractivity contribution in [1.29, 1.82) is 0 Å². The van der Waals surface area contributed by atoms with Gasteiger partial charge in [0.1, 0.15) is 10.7 Å². The van der Waals surface area contributed by atoms with Crippen LogP contribution in [0.4, 0.5) is 0 Å². The zero-order chi connectivity index (χ0) is 6.85. The minimum atomic E-state index is -0.150. The number of aromatic nitrogens is 2. The summed E-state index contributed by atoms with van der Waals surface area (Å²) in [5, 5.41) is 8.81. The Morgan fingerprint density at radius 3 is 2.78 bits per heavy atom. The molecule has 0 atom stereocenters. The van der Waals surface area contributed by atoms with Gasteiger partial charge in [-0.25, -0.2) is 4.98 Å². The SMILES string of the molecule is NC(=S)c1[nH]cnc1O. The topological polar surface area (TPSA) is 74.9 Å². The maximum absolute atomic E-state index is 8.81. The standard InChI is InChI=1S/C4H5N3OS/c5-3(9)2-4(8)7-1-6-2/h1,8H,(H2,5,9)(H,6,7). The Balaban J connectivity index is 3.08. The molecule has 0 amide bonds. The van der Waals surface area contributed by atoms with Gasteiger partial charge in [-0.2, -0.15) is 0 Å². The average molecular weight is 143 g/mol. The van der Waals surface area contributed by atoms with E-state index in [2.05, 4.69) is 22.2 Å². The molecule has 1 aromatic rings. The largest absolute Gasteiger partial charge is 0.492 e. The maximum atomic E-state index is 8.81. The summed E-state index contributed by atoms with van der Waals surface area (Å²) in [5.74, 6) is -0.150. The van der Waals surface area contributed by atoms with Crippen molar-refractivity contribution < 1.29 is 5.11 Å². The predicted octanol–water partition coefficient (Wildman–Crippen LogP) is -0.251. The van der Waals surface area contributed by atoms with Crippen molar-refractivity contribution in [2.24, 2.45) is 5.73 Å². The van der Waals surface area contributed by atoms with Crippen LogP contribution in [0.1, 0.15) is 5.69 Å². The van der Waals surface area contributed by atoms with Crippen LogP contribution in [-0.2, 0) is 0 Å². The molecular formula is C4H5N3OS. The van der Waals surface area contributed by atoms with Crippen molar-refractivity contribution in [3.05, 3.63) is 12.0 Å². The van der Waals surface area contributed by atoms with Gasteiger partial charge in [-0.1, -0.05) is 12.2 Å². The number of thiocarbonyl (C=S) groups is 1. The molecule has 5 heteroatoms. The molecular weight excluding hydrogens is 138 g/mol. The van der Waals surface area contributed by atoms with Crippen LogP contribution in [0.2, 0.25) is 0 Å². The molecule has 1 aromatic heterocycles.